The fourth-order valence-electron chi connectivity index (χ4n) is 1.23. The van der Waals surface area contributed by atoms with Crippen molar-refractivity contribution < 1.29 is 23.1 Å². The molecule has 1 aromatic rings. The largest absolute Gasteiger partial charge is 0.477 e. The molecular formula is C9H13N3O5S. The standard InChI is InChI=1S/C9H13N3O5S/c1-10-8(13)4-11-18(16,17)6-3-7(9(14)15)12(2)5-6/h3,5,11H,4H2,1-2H3,(H,10,13)(H,14,15). The molecule has 0 aliphatic carbocycles. The van der Waals surface area contributed by atoms with Crippen molar-refractivity contribution in [2.75, 3.05) is 13.6 Å². The summed E-state index contributed by atoms with van der Waals surface area (Å²) in [7, 11) is -1.10. The lowest BCUT2D eigenvalue weighted by molar-refractivity contribution is -0.119. The summed E-state index contributed by atoms with van der Waals surface area (Å²) in [5.74, 6) is -1.72. The number of amides is 1. The van der Waals surface area contributed by atoms with Crippen LogP contribution in [0.3, 0.4) is 0 Å². The van der Waals surface area contributed by atoms with Crippen molar-refractivity contribution in [3.8, 4) is 0 Å². The van der Waals surface area contributed by atoms with Crippen LogP contribution in [-0.2, 0) is 21.9 Å². The molecule has 0 aromatic carbocycles. The lowest BCUT2D eigenvalue weighted by atomic mass is 10.4. The number of nitrogens with one attached hydrogen (secondary N) is 2. The highest BCUT2D eigenvalue weighted by molar-refractivity contribution is 7.89. The van der Waals surface area contributed by atoms with Gasteiger partial charge in [-0.25, -0.2) is 17.9 Å². The minimum Gasteiger partial charge on any atom is -0.477 e. The Morgan fingerprint density at radius 1 is 1.44 bits per heavy atom. The van der Waals surface area contributed by atoms with E-state index in [4.69, 9.17) is 5.11 Å². The number of likely N-dealkylation sites (N-methyl/N-ethyl adjacent to an activating group) is 1. The number of sulfonamides is 1. The van der Waals surface area contributed by atoms with Gasteiger partial charge in [-0.1, -0.05) is 0 Å². The zero-order valence-electron chi connectivity index (χ0n) is 9.80. The molecule has 0 saturated heterocycles. The average Bonchev–Trinajstić information content (AvgIpc) is 2.69. The monoisotopic (exact) mass is 275 g/mol. The number of aromatic nitrogens is 1. The molecule has 1 amide bonds. The van der Waals surface area contributed by atoms with Crippen LogP contribution in [0.4, 0.5) is 0 Å². The minimum absolute atomic E-state index is 0.157. The van der Waals surface area contributed by atoms with Crippen molar-refractivity contribution in [3.63, 3.8) is 0 Å². The average molecular weight is 275 g/mol. The second kappa shape index (κ2) is 5.19. The van der Waals surface area contributed by atoms with Crippen molar-refractivity contribution >= 4 is 21.9 Å². The van der Waals surface area contributed by atoms with Crippen molar-refractivity contribution in [1.82, 2.24) is 14.6 Å². The number of aryl methyl sites for hydroxylation is 1. The summed E-state index contributed by atoms with van der Waals surface area (Å²) in [6.07, 6.45) is 1.16. The zero-order chi connectivity index (χ0) is 13.9. The fourth-order valence-corrected chi connectivity index (χ4v) is 2.28. The van der Waals surface area contributed by atoms with Crippen molar-refractivity contribution in [2.24, 2.45) is 7.05 Å². The van der Waals surface area contributed by atoms with Gasteiger partial charge in [0.05, 0.1) is 6.54 Å². The van der Waals surface area contributed by atoms with Gasteiger partial charge in [-0.15, -0.1) is 0 Å². The molecule has 0 aliphatic rings. The van der Waals surface area contributed by atoms with Crippen molar-refractivity contribution in [2.45, 2.75) is 4.90 Å². The Kier molecular flexibility index (Phi) is 4.09. The number of carboxylic acid groups (broad SMARTS) is 1. The molecule has 0 spiro atoms. The number of hydrogen-bond donors (Lipinski definition) is 3. The first-order valence-electron chi connectivity index (χ1n) is 4.88. The Balaban J connectivity index is 2.95. The topological polar surface area (TPSA) is 118 Å². The third-order valence-electron chi connectivity index (χ3n) is 2.21. The van der Waals surface area contributed by atoms with E-state index in [1.165, 1.54) is 18.7 Å². The molecule has 0 bridgehead atoms. The fraction of sp³-hybridized carbons (Fsp3) is 0.333. The highest BCUT2D eigenvalue weighted by atomic mass is 32.2. The molecule has 0 fully saturated rings. The summed E-state index contributed by atoms with van der Waals surface area (Å²) in [4.78, 5) is 21.5. The van der Waals surface area contributed by atoms with E-state index < -0.39 is 28.4 Å². The quantitative estimate of drug-likeness (QED) is 0.620. The van der Waals surface area contributed by atoms with Crippen LogP contribution in [0.5, 0.6) is 0 Å². The number of hydrogen-bond acceptors (Lipinski definition) is 4. The molecule has 100 valence electrons. The third kappa shape index (κ3) is 3.08. The minimum atomic E-state index is -3.90. The molecule has 0 radical (unpaired) electrons. The Morgan fingerprint density at radius 2 is 2.06 bits per heavy atom. The van der Waals surface area contributed by atoms with Gasteiger partial charge >= 0.3 is 5.97 Å². The molecule has 0 saturated carbocycles. The summed E-state index contributed by atoms with van der Waals surface area (Å²) < 4.78 is 26.7. The molecule has 1 heterocycles. The second-order valence-corrected chi connectivity index (χ2v) is 5.24. The van der Waals surface area contributed by atoms with Crippen LogP contribution in [0, 0.1) is 0 Å². The molecule has 18 heavy (non-hydrogen) atoms. The van der Waals surface area contributed by atoms with Crippen molar-refractivity contribution in [3.05, 3.63) is 18.0 Å². The van der Waals surface area contributed by atoms with Crippen LogP contribution < -0.4 is 10.0 Å². The first-order valence-corrected chi connectivity index (χ1v) is 6.36. The molecular weight excluding hydrogens is 262 g/mol. The van der Waals surface area contributed by atoms with Crippen LogP contribution in [-0.4, -0.2) is 43.6 Å². The van der Waals surface area contributed by atoms with Gasteiger partial charge in [0, 0.05) is 20.3 Å². The van der Waals surface area contributed by atoms with Gasteiger partial charge in [0.15, 0.2) is 0 Å². The maximum Gasteiger partial charge on any atom is 0.352 e. The Hall–Kier alpha value is -1.87. The lowest BCUT2D eigenvalue weighted by Crippen LogP contribution is -2.35. The SMILES string of the molecule is CNC(=O)CNS(=O)(=O)c1cc(C(=O)O)n(C)c1. The van der Waals surface area contributed by atoms with Gasteiger partial charge in [-0.3, -0.25) is 4.79 Å². The highest BCUT2D eigenvalue weighted by Gasteiger charge is 2.20. The first kappa shape index (κ1) is 14.2. The van der Waals surface area contributed by atoms with E-state index in [1.54, 1.807) is 0 Å². The number of carbonyl (C=O) groups is 2. The van der Waals surface area contributed by atoms with E-state index >= 15 is 0 Å². The number of rotatable bonds is 5. The van der Waals surface area contributed by atoms with Crippen LogP contribution in [0.25, 0.3) is 0 Å². The summed E-state index contributed by atoms with van der Waals surface area (Å²) >= 11 is 0. The van der Waals surface area contributed by atoms with E-state index in [-0.39, 0.29) is 10.6 Å². The maximum absolute atomic E-state index is 11.7. The van der Waals surface area contributed by atoms with Gasteiger partial charge < -0.3 is 15.0 Å². The smallest absolute Gasteiger partial charge is 0.352 e. The Labute approximate surface area is 104 Å². The van der Waals surface area contributed by atoms with E-state index in [0.29, 0.717) is 0 Å². The van der Waals surface area contributed by atoms with E-state index in [2.05, 4.69) is 10.0 Å². The molecule has 8 nitrogen and oxygen atoms in total. The highest BCUT2D eigenvalue weighted by Crippen LogP contribution is 2.13. The van der Waals surface area contributed by atoms with Crippen LogP contribution >= 0.6 is 0 Å². The van der Waals surface area contributed by atoms with Gasteiger partial charge in [-0.2, -0.15) is 0 Å². The molecule has 1 aromatic heterocycles. The normalized spacial score (nSPS) is 11.2. The molecule has 1 rings (SSSR count). The second-order valence-electron chi connectivity index (χ2n) is 3.47. The maximum atomic E-state index is 11.7. The van der Waals surface area contributed by atoms with Crippen LogP contribution in [0.1, 0.15) is 10.5 Å². The van der Waals surface area contributed by atoms with Crippen LogP contribution in [0.2, 0.25) is 0 Å². The van der Waals surface area contributed by atoms with E-state index in [9.17, 15) is 18.0 Å². The lowest BCUT2D eigenvalue weighted by Gasteiger charge is -2.03. The molecule has 0 unspecified atom stereocenters. The number of nitrogens with zero attached hydrogens (tertiary/aromatic N) is 1. The van der Waals surface area contributed by atoms with Gasteiger partial charge in [0.1, 0.15) is 10.6 Å². The van der Waals surface area contributed by atoms with E-state index in [1.807, 2.05) is 0 Å². The third-order valence-corrected chi connectivity index (χ3v) is 3.58. The summed E-state index contributed by atoms with van der Waals surface area (Å²) in [6, 6.07) is 1.02. The first-order chi connectivity index (χ1) is 8.27. The number of aromatic carboxylic acids is 1. The van der Waals surface area contributed by atoms with Gasteiger partial charge in [0.25, 0.3) is 0 Å². The van der Waals surface area contributed by atoms with E-state index in [0.717, 1.165) is 12.3 Å². The number of carbonyl (C=O) groups excluding carboxylic acids is 1. The summed E-state index contributed by atoms with van der Waals surface area (Å²) in [6.45, 7) is -0.407. The molecule has 0 aliphatic heterocycles. The predicted octanol–water partition coefficient (Wildman–Crippen LogP) is -1.25. The molecule has 0 atom stereocenters. The molecule has 9 heteroatoms. The Morgan fingerprint density at radius 3 is 2.50 bits per heavy atom. The van der Waals surface area contributed by atoms with Crippen LogP contribution in [0.15, 0.2) is 17.2 Å². The zero-order valence-corrected chi connectivity index (χ0v) is 10.6. The summed E-state index contributed by atoms with van der Waals surface area (Å²) in [5, 5.41) is 11.1. The predicted molar refractivity (Wildman–Crippen MR) is 61.6 cm³/mol. The molecule has 3 N–H and O–H groups in total. The van der Waals surface area contributed by atoms with Gasteiger partial charge in [0.2, 0.25) is 15.9 Å². The van der Waals surface area contributed by atoms with Gasteiger partial charge in [-0.05, 0) is 6.07 Å². The Bertz CT molecular complexity index is 575. The van der Waals surface area contributed by atoms with Crippen molar-refractivity contribution in [1.29, 1.82) is 0 Å². The summed E-state index contributed by atoms with van der Waals surface area (Å²) in [5.41, 5.74) is -0.157. The number of carboxylic acids is 1.